The molecule has 0 aliphatic rings. The topological polar surface area (TPSA) is 34.9 Å². The highest BCUT2D eigenvalue weighted by molar-refractivity contribution is 6.31. The van der Waals surface area contributed by atoms with Gasteiger partial charge in [-0.2, -0.15) is 0 Å². The van der Waals surface area contributed by atoms with E-state index in [1.165, 1.54) is 22.3 Å². The van der Waals surface area contributed by atoms with E-state index in [-0.39, 0.29) is 16.8 Å². The first kappa shape index (κ1) is 21.0. The fraction of sp³-hybridized carbons (Fsp3) is 0.154. The van der Waals surface area contributed by atoms with Crippen molar-refractivity contribution in [1.29, 1.82) is 0 Å². The van der Waals surface area contributed by atoms with Crippen LogP contribution in [-0.2, 0) is 5.41 Å². The van der Waals surface area contributed by atoms with E-state index in [0.29, 0.717) is 27.4 Å². The molecule has 31 heavy (non-hydrogen) atoms. The molecular weight excluding hydrogens is 411 g/mol. The molecule has 0 N–H and O–H groups in total. The van der Waals surface area contributed by atoms with Crippen molar-refractivity contribution in [2.75, 3.05) is 0 Å². The van der Waals surface area contributed by atoms with Crippen molar-refractivity contribution in [3.05, 3.63) is 105 Å². The van der Waals surface area contributed by atoms with Crippen LogP contribution in [0.25, 0.3) is 28.7 Å². The first-order chi connectivity index (χ1) is 14.7. The largest absolute Gasteiger partial charge is 0.268 e. The van der Waals surface area contributed by atoms with Crippen LogP contribution < -0.4 is 5.56 Å². The highest BCUT2D eigenvalue weighted by atomic mass is 35.5. The molecular formula is C26H22ClFN2O. The Hall–Kier alpha value is -3.24. The zero-order valence-electron chi connectivity index (χ0n) is 17.6. The summed E-state index contributed by atoms with van der Waals surface area (Å²) in [5.74, 6) is 0.0691. The minimum atomic E-state index is -0.367. The van der Waals surface area contributed by atoms with Gasteiger partial charge in [0.2, 0.25) is 0 Å². The molecule has 4 rings (SSSR count). The van der Waals surface area contributed by atoms with Crippen LogP contribution in [0.4, 0.5) is 4.39 Å². The molecule has 0 atom stereocenters. The van der Waals surface area contributed by atoms with Gasteiger partial charge in [0.05, 0.1) is 16.6 Å². The third-order valence-electron chi connectivity index (χ3n) is 5.14. The Balaban J connectivity index is 1.85. The number of halogens is 2. The van der Waals surface area contributed by atoms with E-state index in [1.807, 2.05) is 18.2 Å². The molecule has 0 spiro atoms. The fourth-order valence-electron chi connectivity index (χ4n) is 3.39. The van der Waals surface area contributed by atoms with Crippen molar-refractivity contribution >= 4 is 34.7 Å². The maximum Gasteiger partial charge on any atom is 0.266 e. The highest BCUT2D eigenvalue weighted by Crippen LogP contribution is 2.23. The molecule has 1 heterocycles. The Morgan fingerprint density at radius 3 is 2.26 bits per heavy atom. The Labute approximate surface area is 185 Å². The van der Waals surface area contributed by atoms with Gasteiger partial charge in [-0.3, -0.25) is 9.36 Å². The summed E-state index contributed by atoms with van der Waals surface area (Å²) in [5, 5.41) is 0.951. The van der Waals surface area contributed by atoms with Crippen LogP contribution >= 0.6 is 11.6 Å². The van der Waals surface area contributed by atoms with Crippen molar-refractivity contribution < 1.29 is 4.39 Å². The van der Waals surface area contributed by atoms with Crippen LogP contribution in [0.3, 0.4) is 0 Å². The summed E-state index contributed by atoms with van der Waals surface area (Å²) in [6.07, 6.45) is 3.70. The predicted molar refractivity (Wildman–Crippen MR) is 126 cm³/mol. The lowest BCUT2D eigenvalue weighted by molar-refractivity contribution is 0.590. The Morgan fingerprint density at radius 2 is 1.61 bits per heavy atom. The maximum absolute atomic E-state index is 13.5. The van der Waals surface area contributed by atoms with Gasteiger partial charge in [-0.15, -0.1) is 0 Å². The Kier molecular flexibility index (Phi) is 5.50. The van der Waals surface area contributed by atoms with Gasteiger partial charge in [-0.1, -0.05) is 62.7 Å². The lowest BCUT2D eigenvalue weighted by Crippen LogP contribution is -2.22. The average molecular weight is 433 g/mol. The Bertz CT molecular complexity index is 1330. The lowest BCUT2D eigenvalue weighted by atomic mass is 9.87. The standard InChI is InChI=1S/C26H22ClFN2O/c1-26(2,3)18-7-4-17(5-8-18)6-15-24-29-23-16-19(27)9-14-22(23)25(31)30(24)21-12-10-20(28)11-13-21/h4-16H,1-3H3. The quantitative estimate of drug-likeness (QED) is 0.363. The molecule has 0 radical (unpaired) electrons. The molecule has 0 saturated carbocycles. The monoisotopic (exact) mass is 432 g/mol. The summed E-state index contributed by atoms with van der Waals surface area (Å²) in [7, 11) is 0. The van der Waals surface area contributed by atoms with Crippen molar-refractivity contribution in [2.24, 2.45) is 0 Å². The summed E-state index contributed by atoms with van der Waals surface area (Å²) in [4.78, 5) is 17.9. The minimum Gasteiger partial charge on any atom is -0.268 e. The van der Waals surface area contributed by atoms with E-state index in [1.54, 1.807) is 36.4 Å². The normalized spacial score (nSPS) is 12.0. The third kappa shape index (κ3) is 4.44. The van der Waals surface area contributed by atoms with Gasteiger partial charge in [0, 0.05) is 5.02 Å². The Morgan fingerprint density at radius 1 is 0.935 bits per heavy atom. The van der Waals surface area contributed by atoms with E-state index >= 15 is 0 Å². The molecule has 0 unspecified atom stereocenters. The molecule has 5 heteroatoms. The van der Waals surface area contributed by atoms with Crippen molar-refractivity contribution in [3.63, 3.8) is 0 Å². The summed E-state index contributed by atoms with van der Waals surface area (Å²) < 4.78 is 14.9. The van der Waals surface area contributed by atoms with Gasteiger partial charge in [0.1, 0.15) is 11.6 Å². The smallest absolute Gasteiger partial charge is 0.266 e. The predicted octanol–water partition coefficient (Wildman–Crippen LogP) is 6.65. The van der Waals surface area contributed by atoms with Gasteiger partial charge in [-0.05, 0) is 65.1 Å². The van der Waals surface area contributed by atoms with Gasteiger partial charge < -0.3 is 0 Å². The number of rotatable bonds is 3. The zero-order chi connectivity index (χ0) is 22.2. The summed E-state index contributed by atoms with van der Waals surface area (Å²) in [6.45, 7) is 6.51. The van der Waals surface area contributed by atoms with Gasteiger partial charge in [0.15, 0.2) is 0 Å². The fourth-order valence-corrected chi connectivity index (χ4v) is 3.56. The second kappa shape index (κ2) is 8.12. The van der Waals surface area contributed by atoms with Crippen LogP contribution in [0.5, 0.6) is 0 Å². The SMILES string of the molecule is CC(C)(C)c1ccc(C=Cc2nc3cc(Cl)ccc3c(=O)n2-c2ccc(F)cc2)cc1. The van der Waals surface area contributed by atoms with E-state index in [9.17, 15) is 9.18 Å². The van der Waals surface area contributed by atoms with Crippen LogP contribution in [0.15, 0.2) is 71.5 Å². The lowest BCUT2D eigenvalue weighted by Gasteiger charge is -2.18. The third-order valence-corrected chi connectivity index (χ3v) is 5.38. The molecule has 0 aliphatic carbocycles. The number of fused-ring (bicyclic) bond motifs is 1. The molecule has 0 amide bonds. The van der Waals surface area contributed by atoms with Gasteiger partial charge in [0.25, 0.3) is 5.56 Å². The van der Waals surface area contributed by atoms with E-state index < -0.39 is 0 Å². The zero-order valence-corrected chi connectivity index (χ0v) is 18.3. The van der Waals surface area contributed by atoms with Crippen LogP contribution in [-0.4, -0.2) is 9.55 Å². The number of aromatic nitrogens is 2. The van der Waals surface area contributed by atoms with E-state index in [4.69, 9.17) is 11.6 Å². The van der Waals surface area contributed by atoms with Gasteiger partial charge in [-0.25, -0.2) is 9.37 Å². The molecule has 0 fully saturated rings. The second-order valence-corrected chi connectivity index (χ2v) is 8.89. The number of benzene rings is 3. The first-order valence-corrected chi connectivity index (χ1v) is 10.4. The molecule has 1 aromatic heterocycles. The molecule has 4 aromatic rings. The summed E-state index contributed by atoms with van der Waals surface area (Å²) >= 11 is 6.11. The van der Waals surface area contributed by atoms with Crippen LogP contribution in [0.2, 0.25) is 5.02 Å². The number of hydrogen-bond donors (Lipinski definition) is 0. The van der Waals surface area contributed by atoms with Gasteiger partial charge >= 0.3 is 0 Å². The van der Waals surface area contributed by atoms with E-state index in [2.05, 4.69) is 37.9 Å². The number of nitrogens with zero attached hydrogens (tertiary/aromatic N) is 2. The minimum absolute atomic E-state index is 0.0739. The molecule has 3 nitrogen and oxygen atoms in total. The van der Waals surface area contributed by atoms with Crippen LogP contribution in [0, 0.1) is 5.82 Å². The molecule has 156 valence electrons. The summed E-state index contributed by atoms with van der Waals surface area (Å²) in [5.41, 5.74) is 3.11. The molecule has 0 saturated heterocycles. The number of hydrogen-bond acceptors (Lipinski definition) is 2. The molecule has 0 bridgehead atoms. The van der Waals surface area contributed by atoms with Crippen molar-refractivity contribution in [1.82, 2.24) is 9.55 Å². The van der Waals surface area contributed by atoms with Crippen LogP contribution in [0.1, 0.15) is 37.7 Å². The highest BCUT2D eigenvalue weighted by Gasteiger charge is 2.13. The van der Waals surface area contributed by atoms with E-state index in [0.717, 1.165) is 5.56 Å². The van der Waals surface area contributed by atoms with Crippen molar-refractivity contribution in [3.8, 4) is 5.69 Å². The molecule has 3 aromatic carbocycles. The average Bonchev–Trinajstić information content (AvgIpc) is 2.73. The maximum atomic E-state index is 13.5. The molecule has 0 aliphatic heterocycles. The second-order valence-electron chi connectivity index (χ2n) is 8.45. The first-order valence-electron chi connectivity index (χ1n) is 9.99. The van der Waals surface area contributed by atoms with Crippen molar-refractivity contribution in [2.45, 2.75) is 26.2 Å². The summed E-state index contributed by atoms with van der Waals surface area (Å²) in [6, 6.07) is 19.0.